The van der Waals surface area contributed by atoms with Crippen LogP contribution in [0.3, 0.4) is 0 Å². The molecular formula is C11H14N2O2. The minimum Gasteiger partial charge on any atom is -0.408 e. The molecule has 2 aromatic rings. The van der Waals surface area contributed by atoms with Crippen LogP contribution in [0.4, 0.5) is 5.69 Å². The standard InChI is InChI=1S/C11H14N2O2/c1-6(2)13-9-5-8(12)7(3)4-10(9)15-11(13)14/h4-6H,12H2,1-3H3. The fourth-order valence-electron chi connectivity index (χ4n) is 1.69. The summed E-state index contributed by atoms with van der Waals surface area (Å²) in [5, 5.41) is 0. The number of nitrogens with zero attached hydrogens (tertiary/aromatic N) is 1. The van der Waals surface area contributed by atoms with Gasteiger partial charge in [-0.1, -0.05) is 0 Å². The molecule has 2 rings (SSSR count). The lowest BCUT2D eigenvalue weighted by Crippen LogP contribution is -2.15. The van der Waals surface area contributed by atoms with Gasteiger partial charge >= 0.3 is 5.76 Å². The Morgan fingerprint density at radius 3 is 2.67 bits per heavy atom. The number of benzene rings is 1. The normalized spacial score (nSPS) is 11.5. The third-order valence-corrected chi connectivity index (χ3v) is 2.52. The monoisotopic (exact) mass is 206 g/mol. The molecule has 4 heteroatoms. The van der Waals surface area contributed by atoms with Crippen LogP contribution >= 0.6 is 0 Å². The predicted octanol–water partition coefficient (Wildman–Crippen LogP) is 2.07. The minimum absolute atomic E-state index is 0.0702. The van der Waals surface area contributed by atoms with E-state index in [1.807, 2.05) is 20.8 Å². The second-order valence-electron chi connectivity index (χ2n) is 4.01. The summed E-state index contributed by atoms with van der Waals surface area (Å²) in [6.07, 6.45) is 0. The molecule has 1 heterocycles. The van der Waals surface area contributed by atoms with E-state index in [-0.39, 0.29) is 11.8 Å². The van der Waals surface area contributed by atoms with E-state index in [1.165, 1.54) is 0 Å². The van der Waals surface area contributed by atoms with Crippen LogP contribution < -0.4 is 11.5 Å². The van der Waals surface area contributed by atoms with E-state index in [0.717, 1.165) is 11.1 Å². The highest BCUT2D eigenvalue weighted by Crippen LogP contribution is 2.22. The minimum atomic E-state index is -0.329. The van der Waals surface area contributed by atoms with Crippen LogP contribution in [0, 0.1) is 6.92 Å². The maximum absolute atomic E-state index is 11.6. The highest BCUT2D eigenvalue weighted by molar-refractivity contribution is 5.79. The summed E-state index contributed by atoms with van der Waals surface area (Å²) in [7, 11) is 0. The highest BCUT2D eigenvalue weighted by Gasteiger charge is 2.12. The average molecular weight is 206 g/mol. The number of anilines is 1. The van der Waals surface area contributed by atoms with Gasteiger partial charge in [-0.3, -0.25) is 4.57 Å². The smallest absolute Gasteiger partial charge is 0.408 e. The quantitative estimate of drug-likeness (QED) is 0.726. The number of aryl methyl sites for hydroxylation is 1. The van der Waals surface area contributed by atoms with E-state index in [4.69, 9.17) is 10.2 Å². The van der Waals surface area contributed by atoms with Crippen LogP contribution in [0.2, 0.25) is 0 Å². The van der Waals surface area contributed by atoms with Gasteiger partial charge in [-0.15, -0.1) is 0 Å². The van der Waals surface area contributed by atoms with Crippen molar-refractivity contribution in [3.05, 3.63) is 28.2 Å². The number of hydrogen-bond acceptors (Lipinski definition) is 3. The van der Waals surface area contributed by atoms with Gasteiger partial charge in [0.15, 0.2) is 5.58 Å². The molecule has 2 N–H and O–H groups in total. The van der Waals surface area contributed by atoms with Gasteiger partial charge in [-0.2, -0.15) is 0 Å². The molecule has 1 aromatic heterocycles. The maximum atomic E-state index is 11.6. The Hall–Kier alpha value is -1.71. The van der Waals surface area contributed by atoms with E-state index in [0.29, 0.717) is 11.3 Å². The first-order valence-corrected chi connectivity index (χ1v) is 4.92. The highest BCUT2D eigenvalue weighted by atomic mass is 16.4. The van der Waals surface area contributed by atoms with Crippen LogP contribution in [0.15, 0.2) is 21.3 Å². The summed E-state index contributed by atoms with van der Waals surface area (Å²) in [6.45, 7) is 5.76. The van der Waals surface area contributed by atoms with E-state index >= 15 is 0 Å². The van der Waals surface area contributed by atoms with Crippen LogP contribution in [-0.2, 0) is 0 Å². The zero-order valence-corrected chi connectivity index (χ0v) is 9.07. The van der Waals surface area contributed by atoms with E-state index in [9.17, 15) is 4.79 Å². The average Bonchev–Trinajstić information content (AvgIpc) is 2.41. The van der Waals surface area contributed by atoms with Crippen molar-refractivity contribution in [1.82, 2.24) is 4.57 Å². The van der Waals surface area contributed by atoms with Crippen molar-refractivity contribution < 1.29 is 4.42 Å². The number of aromatic nitrogens is 1. The van der Waals surface area contributed by atoms with Gasteiger partial charge in [0.05, 0.1) is 5.52 Å². The first-order chi connectivity index (χ1) is 7.00. The summed E-state index contributed by atoms with van der Waals surface area (Å²) in [5.41, 5.74) is 8.77. The predicted molar refractivity (Wildman–Crippen MR) is 60.0 cm³/mol. The van der Waals surface area contributed by atoms with Gasteiger partial charge in [-0.25, -0.2) is 4.79 Å². The molecule has 0 aliphatic carbocycles. The maximum Gasteiger partial charge on any atom is 0.420 e. The Balaban J connectivity index is 2.88. The van der Waals surface area contributed by atoms with Crippen LogP contribution in [0.1, 0.15) is 25.5 Å². The second kappa shape index (κ2) is 3.15. The summed E-state index contributed by atoms with van der Waals surface area (Å²) >= 11 is 0. The molecule has 0 bridgehead atoms. The van der Waals surface area contributed by atoms with Gasteiger partial charge in [0, 0.05) is 11.7 Å². The first-order valence-electron chi connectivity index (χ1n) is 4.92. The number of hydrogen-bond donors (Lipinski definition) is 1. The van der Waals surface area contributed by atoms with Gasteiger partial charge < -0.3 is 10.2 Å². The molecular weight excluding hydrogens is 192 g/mol. The van der Waals surface area contributed by atoms with Crippen molar-refractivity contribution in [1.29, 1.82) is 0 Å². The fourth-order valence-corrected chi connectivity index (χ4v) is 1.69. The van der Waals surface area contributed by atoms with Crippen molar-refractivity contribution in [2.24, 2.45) is 0 Å². The molecule has 0 amide bonds. The molecule has 1 aromatic carbocycles. The molecule has 0 radical (unpaired) electrons. The first kappa shape index (κ1) is 9.83. The molecule has 15 heavy (non-hydrogen) atoms. The Kier molecular flexibility index (Phi) is 2.07. The molecule has 0 saturated carbocycles. The zero-order chi connectivity index (χ0) is 11.2. The number of oxazole rings is 1. The Bertz CT molecular complexity index is 564. The van der Waals surface area contributed by atoms with Crippen LogP contribution in [0.5, 0.6) is 0 Å². The lowest BCUT2D eigenvalue weighted by atomic mass is 10.2. The van der Waals surface area contributed by atoms with Crippen molar-refractivity contribution in [3.8, 4) is 0 Å². The summed E-state index contributed by atoms with van der Waals surface area (Å²) < 4.78 is 6.75. The van der Waals surface area contributed by atoms with Crippen molar-refractivity contribution >= 4 is 16.8 Å². The van der Waals surface area contributed by atoms with Crippen molar-refractivity contribution in [2.45, 2.75) is 26.8 Å². The third kappa shape index (κ3) is 1.42. The molecule has 0 saturated heterocycles. The molecule has 0 aliphatic rings. The molecule has 0 unspecified atom stereocenters. The van der Waals surface area contributed by atoms with Crippen molar-refractivity contribution in [2.75, 3.05) is 5.73 Å². The molecule has 0 aliphatic heterocycles. The number of rotatable bonds is 1. The summed E-state index contributed by atoms with van der Waals surface area (Å²) in [6, 6.07) is 3.65. The topological polar surface area (TPSA) is 61.2 Å². The van der Waals surface area contributed by atoms with Gasteiger partial charge in [0.2, 0.25) is 0 Å². The SMILES string of the molecule is Cc1cc2oc(=O)n(C(C)C)c2cc1N. The lowest BCUT2D eigenvalue weighted by molar-refractivity contribution is 0.478. The Morgan fingerprint density at radius 2 is 2.07 bits per heavy atom. The molecule has 80 valence electrons. The van der Waals surface area contributed by atoms with Gasteiger partial charge in [0.25, 0.3) is 0 Å². The zero-order valence-electron chi connectivity index (χ0n) is 9.07. The Morgan fingerprint density at radius 1 is 1.40 bits per heavy atom. The Labute approximate surface area is 87.3 Å². The molecule has 4 nitrogen and oxygen atoms in total. The second-order valence-corrected chi connectivity index (χ2v) is 4.01. The van der Waals surface area contributed by atoms with E-state index in [2.05, 4.69) is 0 Å². The van der Waals surface area contributed by atoms with Gasteiger partial charge in [-0.05, 0) is 38.5 Å². The van der Waals surface area contributed by atoms with Crippen LogP contribution in [-0.4, -0.2) is 4.57 Å². The number of nitrogens with two attached hydrogens (primary N) is 1. The number of nitrogen functional groups attached to an aromatic ring is 1. The largest absolute Gasteiger partial charge is 0.420 e. The fraction of sp³-hybridized carbons (Fsp3) is 0.364. The van der Waals surface area contributed by atoms with Gasteiger partial charge in [0.1, 0.15) is 0 Å². The molecule has 0 fully saturated rings. The van der Waals surface area contributed by atoms with E-state index in [1.54, 1.807) is 16.7 Å². The number of fused-ring (bicyclic) bond motifs is 1. The van der Waals surface area contributed by atoms with Crippen molar-refractivity contribution in [3.63, 3.8) is 0 Å². The van der Waals surface area contributed by atoms with E-state index < -0.39 is 0 Å². The summed E-state index contributed by atoms with van der Waals surface area (Å²) in [4.78, 5) is 11.6. The molecule has 0 spiro atoms. The third-order valence-electron chi connectivity index (χ3n) is 2.52. The molecule has 0 atom stereocenters. The lowest BCUT2D eigenvalue weighted by Gasteiger charge is -2.06. The van der Waals surface area contributed by atoms with Crippen LogP contribution in [0.25, 0.3) is 11.1 Å². The summed E-state index contributed by atoms with van der Waals surface area (Å²) in [5.74, 6) is -0.329.